The number of β-lactam (4-membered cyclic amide) rings is 1. The highest BCUT2D eigenvalue weighted by Crippen LogP contribution is 2.61. The molecule has 0 radical (unpaired) electrons. The van der Waals surface area contributed by atoms with Crippen molar-refractivity contribution in [3.05, 3.63) is 11.3 Å². The molecule has 17 nitrogen and oxygen atoms in total. The molecule has 2 heterocycles. The molecule has 2 rings (SSSR count). The molecule has 204 valence electrons. The van der Waals surface area contributed by atoms with Crippen LogP contribution in [0.2, 0.25) is 0 Å². The first-order chi connectivity index (χ1) is 16.6. The van der Waals surface area contributed by atoms with E-state index in [-0.39, 0.29) is 30.7 Å². The molecule has 36 heavy (non-hydrogen) atoms. The van der Waals surface area contributed by atoms with Crippen LogP contribution in [-0.4, -0.2) is 96.1 Å². The lowest BCUT2D eigenvalue weighted by molar-refractivity contribution is -0.188. The van der Waals surface area contributed by atoms with E-state index < -0.39 is 74.4 Å². The average Bonchev–Trinajstić information content (AvgIpc) is 2.75. The lowest BCUT2D eigenvalue weighted by Gasteiger charge is -2.55. The number of carbonyl (C=O) groups is 4. The Kier molecular flexibility index (Phi) is 9.58. The van der Waals surface area contributed by atoms with Gasteiger partial charge in [-0.1, -0.05) is 6.42 Å². The van der Waals surface area contributed by atoms with Gasteiger partial charge in [-0.15, -0.1) is 11.8 Å². The van der Waals surface area contributed by atoms with Gasteiger partial charge in [0.25, 0.3) is 11.6 Å². The number of amides is 4. The zero-order valence-corrected chi connectivity index (χ0v) is 21.3. The molecule has 0 aromatic rings. The number of urea groups is 1. The van der Waals surface area contributed by atoms with E-state index in [0.29, 0.717) is 0 Å². The summed E-state index contributed by atoms with van der Waals surface area (Å²) in [6, 6.07) is -0.879. The van der Waals surface area contributed by atoms with E-state index in [9.17, 15) is 33.4 Å². The molecule has 20 heteroatoms. The molecule has 0 aliphatic carbocycles. The summed E-state index contributed by atoms with van der Waals surface area (Å²) in [5.41, 5.74) is 2.69. The molecule has 1 saturated heterocycles. The number of unbranched alkanes of at least 4 members (excludes halogenated alkanes) is 1. The Morgan fingerprint density at radius 2 is 1.83 bits per heavy atom. The Morgan fingerprint density at radius 1 is 1.22 bits per heavy atom. The van der Waals surface area contributed by atoms with Gasteiger partial charge in [0.1, 0.15) is 17.7 Å². The summed E-state index contributed by atoms with van der Waals surface area (Å²) in [5.74, 6) is -2.33. The number of nitrogens with zero attached hydrogens (tertiary/aromatic N) is 1. The summed E-state index contributed by atoms with van der Waals surface area (Å²) in [6.45, 7) is -0.523. The molecule has 0 unspecified atom stereocenters. The predicted molar refractivity (Wildman–Crippen MR) is 121 cm³/mol. The third-order valence-corrected chi connectivity index (χ3v) is 10.5. The first kappa shape index (κ1) is 30.1. The molecule has 1 fully saturated rings. The summed E-state index contributed by atoms with van der Waals surface area (Å²) in [6.07, 6.45) is -1.56. The quantitative estimate of drug-likeness (QED) is 0.0588. The van der Waals surface area contributed by atoms with E-state index in [4.69, 9.17) is 30.0 Å². The van der Waals surface area contributed by atoms with Gasteiger partial charge in [-0.2, -0.15) is 0 Å². The van der Waals surface area contributed by atoms with Gasteiger partial charge in [0, 0.05) is 25.0 Å². The normalized spacial score (nSPS) is 22.1. The predicted octanol–water partition coefficient (Wildman–Crippen LogP) is -1.17. The van der Waals surface area contributed by atoms with Crippen molar-refractivity contribution in [3.8, 4) is 0 Å². The maximum atomic E-state index is 12.9. The second-order valence-corrected chi connectivity index (χ2v) is 12.8. The van der Waals surface area contributed by atoms with Gasteiger partial charge in [-0.3, -0.25) is 24.1 Å². The molecular formula is C16H26N4O13P2S. The number of aliphatic carboxylic acids is 1. The molecule has 0 bridgehead atoms. The number of nitrogens with one attached hydrogen (secondary N) is 2. The summed E-state index contributed by atoms with van der Waals surface area (Å²) >= 11 is 1.05. The number of hydrogen-bond acceptors (Lipinski definition) is 9. The highest BCUT2D eigenvalue weighted by molar-refractivity contribution is 8.00. The summed E-state index contributed by atoms with van der Waals surface area (Å²) in [4.78, 5) is 85.2. The average molecular weight is 576 g/mol. The second kappa shape index (κ2) is 11.5. The number of fused-ring (bicyclic) bond motifs is 1. The summed E-state index contributed by atoms with van der Waals surface area (Å²) in [7, 11) is -8.95. The van der Waals surface area contributed by atoms with Gasteiger partial charge >= 0.3 is 33.3 Å². The van der Waals surface area contributed by atoms with Crippen LogP contribution >= 0.6 is 27.0 Å². The molecule has 2 aliphatic heterocycles. The van der Waals surface area contributed by atoms with E-state index >= 15 is 0 Å². The van der Waals surface area contributed by atoms with E-state index in [1.165, 1.54) is 0 Å². The molecule has 0 saturated carbocycles. The van der Waals surface area contributed by atoms with Crippen molar-refractivity contribution in [1.82, 2.24) is 15.5 Å². The molecule has 9 N–H and O–H groups in total. The largest absolute Gasteiger partial charge is 0.477 e. The van der Waals surface area contributed by atoms with Crippen LogP contribution in [0.4, 0.5) is 9.59 Å². The number of thioether (sulfide) groups is 1. The van der Waals surface area contributed by atoms with Gasteiger partial charge in [0.05, 0.1) is 0 Å². The van der Waals surface area contributed by atoms with Crippen molar-refractivity contribution >= 4 is 51.0 Å². The van der Waals surface area contributed by atoms with Crippen molar-refractivity contribution in [1.29, 1.82) is 0 Å². The van der Waals surface area contributed by atoms with Crippen LogP contribution in [0.15, 0.2) is 11.3 Å². The number of methoxy groups -OCH3 is 1. The molecule has 4 amide bonds. The second-order valence-electron chi connectivity index (χ2n) is 7.68. The van der Waals surface area contributed by atoms with E-state index in [2.05, 4.69) is 15.4 Å². The molecule has 0 spiro atoms. The topological polar surface area (TPSA) is 275 Å². The minimum Gasteiger partial charge on any atom is -0.477 e. The Labute approximate surface area is 208 Å². The van der Waals surface area contributed by atoms with Crippen LogP contribution in [0.5, 0.6) is 0 Å². The number of hydrogen-bond donors (Lipinski definition) is 8. The van der Waals surface area contributed by atoms with E-state index in [1.54, 1.807) is 0 Å². The molecule has 0 aromatic heterocycles. The van der Waals surface area contributed by atoms with Crippen LogP contribution in [0.25, 0.3) is 0 Å². The van der Waals surface area contributed by atoms with Crippen molar-refractivity contribution in [2.75, 3.05) is 26.0 Å². The number of nitrogens with two attached hydrogens (primary N) is 1. The maximum absolute atomic E-state index is 12.9. The maximum Gasteiger partial charge on any atom is 0.404 e. The molecule has 0 aromatic carbocycles. The molecule has 2 atom stereocenters. The van der Waals surface area contributed by atoms with Gasteiger partial charge < -0.3 is 45.2 Å². The van der Waals surface area contributed by atoms with Crippen molar-refractivity contribution in [3.63, 3.8) is 0 Å². The van der Waals surface area contributed by atoms with Crippen molar-refractivity contribution in [2.45, 2.75) is 35.8 Å². The van der Waals surface area contributed by atoms with E-state index in [0.717, 1.165) is 23.8 Å². The lowest BCUT2D eigenvalue weighted by Crippen LogP contribution is -2.81. The minimum absolute atomic E-state index is 0.0259. The Hall–Kier alpha value is -2.17. The molecule has 2 aliphatic rings. The van der Waals surface area contributed by atoms with Gasteiger partial charge in [-0.05, 0) is 12.8 Å². The lowest BCUT2D eigenvalue weighted by atomic mass is 9.98. The van der Waals surface area contributed by atoms with Crippen LogP contribution in [-0.2, 0) is 28.2 Å². The fourth-order valence-electron chi connectivity index (χ4n) is 3.61. The minimum atomic E-state index is -5.04. The third kappa shape index (κ3) is 6.58. The fraction of sp³-hybridized carbons (Fsp3) is 0.625. The first-order valence-corrected chi connectivity index (χ1v) is 14.5. The monoisotopic (exact) mass is 576 g/mol. The van der Waals surface area contributed by atoms with Crippen LogP contribution < -0.4 is 16.4 Å². The van der Waals surface area contributed by atoms with Crippen molar-refractivity contribution < 1.29 is 62.5 Å². The van der Waals surface area contributed by atoms with Crippen molar-refractivity contribution in [2.24, 2.45) is 5.73 Å². The Balaban J connectivity index is 1.98. The van der Waals surface area contributed by atoms with E-state index in [1.807, 2.05) is 0 Å². The Bertz CT molecular complexity index is 1020. The fourth-order valence-corrected chi connectivity index (χ4v) is 7.64. The van der Waals surface area contributed by atoms with Crippen LogP contribution in [0.3, 0.4) is 0 Å². The standard InChI is InChI=1S/C16H26N4O13P2S/c1-32-16(19-15(25)18-5-3-2-4-9(34(26,27)28)35(29,30)31)12(23)20-10(11(21)22)8(6-33-14(17)24)7-36-13(16)20/h9,13H,2-7H2,1H3,(H2,17,24)(H,21,22)(H2,18,19,25)(H2,26,27,28)(H2,29,30,31)/t13-,16-/m0/s1. The highest BCUT2D eigenvalue weighted by Gasteiger charge is 2.66. The van der Waals surface area contributed by atoms with Gasteiger partial charge in [-0.25, -0.2) is 14.4 Å². The SMILES string of the molecule is CO[C@@]1(NC(=O)NCCCCC(P(=O)(O)O)P(=O)(O)O)C(=O)N2C(C(=O)O)=C(COC(N)=O)CS[C@H]21. The van der Waals surface area contributed by atoms with Gasteiger partial charge in [0.15, 0.2) is 5.40 Å². The Morgan fingerprint density at radius 3 is 2.33 bits per heavy atom. The summed E-state index contributed by atoms with van der Waals surface area (Å²) < 4.78 is 32.4. The number of carbonyl (C=O) groups excluding carboxylic acids is 3. The smallest absolute Gasteiger partial charge is 0.404 e. The number of primary amides is 1. The third-order valence-electron chi connectivity index (χ3n) is 5.27. The first-order valence-electron chi connectivity index (χ1n) is 10.1. The summed E-state index contributed by atoms with van der Waals surface area (Å²) in [5, 5.41) is 11.2. The zero-order valence-electron chi connectivity index (χ0n) is 18.7. The number of rotatable bonds is 12. The number of ether oxygens (including phenoxy) is 2. The molecular weight excluding hydrogens is 550 g/mol. The van der Waals surface area contributed by atoms with Gasteiger partial charge in [0.2, 0.25) is 0 Å². The van der Waals surface area contributed by atoms with Crippen LogP contribution in [0.1, 0.15) is 19.3 Å². The van der Waals surface area contributed by atoms with Crippen LogP contribution in [0, 0.1) is 0 Å². The number of carboxylic acid groups (broad SMARTS) is 1. The highest BCUT2D eigenvalue weighted by atomic mass is 32.2. The number of carboxylic acids is 1. The zero-order chi connectivity index (χ0) is 27.5.